The Morgan fingerprint density at radius 1 is 1.04 bits per heavy atom. The van der Waals surface area contributed by atoms with Crippen molar-refractivity contribution in [3.8, 4) is 11.5 Å². The van der Waals surface area contributed by atoms with E-state index in [1.807, 2.05) is 12.1 Å². The van der Waals surface area contributed by atoms with Gasteiger partial charge in [-0.05, 0) is 17.7 Å². The first kappa shape index (κ1) is 16.3. The lowest BCUT2D eigenvalue weighted by Crippen LogP contribution is -2.49. The fourth-order valence-electron chi connectivity index (χ4n) is 3.82. The van der Waals surface area contributed by atoms with E-state index in [4.69, 9.17) is 9.47 Å². The Bertz CT molecular complexity index is 680. The molecule has 0 amide bonds. The highest BCUT2D eigenvalue weighted by molar-refractivity contribution is 5.27. The summed E-state index contributed by atoms with van der Waals surface area (Å²) in [6, 6.07) is 8.95. The van der Waals surface area contributed by atoms with Gasteiger partial charge in [0.2, 0.25) is 0 Å². The van der Waals surface area contributed by atoms with Gasteiger partial charge in [-0.25, -0.2) is 9.97 Å². The zero-order valence-electron chi connectivity index (χ0n) is 14.5. The van der Waals surface area contributed by atoms with Crippen molar-refractivity contribution < 1.29 is 9.47 Å². The summed E-state index contributed by atoms with van der Waals surface area (Å²) in [5.41, 5.74) is 1.33. The Balaban J connectivity index is 1.32. The fraction of sp³-hybridized carbons (Fsp3) is 0.474. The molecule has 2 aliphatic rings. The van der Waals surface area contributed by atoms with Crippen LogP contribution in [-0.2, 0) is 6.54 Å². The van der Waals surface area contributed by atoms with E-state index in [9.17, 15) is 0 Å². The molecule has 4 rings (SSSR count). The monoisotopic (exact) mass is 340 g/mol. The zero-order chi connectivity index (χ0) is 17.1. The van der Waals surface area contributed by atoms with Crippen LogP contribution in [0.5, 0.6) is 11.5 Å². The van der Waals surface area contributed by atoms with Gasteiger partial charge in [0.25, 0.3) is 0 Å². The molecular formula is C19H24N4O2. The zero-order valence-corrected chi connectivity index (χ0v) is 14.5. The second kappa shape index (κ2) is 7.37. The second-order valence-electron chi connectivity index (χ2n) is 6.78. The van der Waals surface area contributed by atoms with Gasteiger partial charge in [0.05, 0.1) is 19.5 Å². The quantitative estimate of drug-likeness (QED) is 0.828. The van der Waals surface area contributed by atoms with Crippen LogP contribution < -0.4 is 9.47 Å². The highest BCUT2D eigenvalue weighted by Crippen LogP contribution is 2.26. The van der Waals surface area contributed by atoms with Crippen LogP contribution in [0.15, 0.2) is 43.0 Å². The van der Waals surface area contributed by atoms with Crippen LogP contribution in [0.1, 0.15) is 12.0 Å². The van der Waals surface area contributed by atoms with E-state index in [1.54, 1.807) is 19.5 Å². The van der Waals surface area contributed by atoms with Crippen molar-refractivity contribution in [3.63, 3.8) is 0 Å². The third-order valence-electron chi connectivity index (χ3n) is 5.07. The van der Waals surface area contributed by atoms with Crippen molar-refractivity contribution in [2.24, 2.45) is 0 Å². The molecule has 1 aromatic carbocycles. The molecule has 0 N–H and O–H groups in total. The number of fused-ring (bicyclic) bond motifs is 1. The molecule has 6 nitrogen and oxygen atoms in total. The van der Waals surface area contributed by atoms with Gasteiger partial charge in [-0.3, -0.25) is 9.80 Å². The van der Waals surface area contributed by atoms with E-state index in [0.717, 1.165) is 50.6 Å². The minimum atomic E-state index is 0.233. The summed E-state index contributed by atoms with van der Waals surface area (Å²) in [5.74, 6) is 1.68. The summed E-state index contributed by atoms with van der Waals surface area (Å²) < 4.78 is 11.3. The Kier molecular flexibility index (Phi) is 4.81. The first-order valence-corrected chi connectivity index (χ1v) is 8.81. The topological polar surface area (TPSA) is 50.7 Å². The van der Waals surface area contributed by atoms with E-state index < -0.39 is 0 Å². The molecule has 2 aromatic rings. The van der Waals surface area contributed by atoms with E-state index in [0.29, 0.717) is 6.04 Å². The molecule has 0 spiro atoms. The van der Waals surface area contributed by atoms with Gasteiger partial charge in [0, 0.05) is 45.2 Å². The van der Waals surface area contributed by atoms with Crippen LogP contribution in [-0.4, -0.2) is 65.2 Å². The van der Waals surface area contributed by atoms with E-state index in [-0.39, 0.29) is 6.10 Å². The highest BCUT2D eigenvalue weighted by Gasteiger charge is 2.37. The Hall–Kier alpha value is -2.18. The number of rotatable bonds is 5. The molecule has 0 radical (unpaired) electrons. The van der Waals surface area contributed by atoms with Crippen molar-refractivity contribution in [2.75, 3.05) is 33.3 Å². The van der Waals surface area contributed by atoms with Crippen LogP contribution >= 0.6 is 0 Å². The maximum absolute atomic E-state index is 6.05. The SMILES string of the molecule is COc1ccc(CN2CCN3C[C@H](Oc4cncnc4)C[C@H]3C2)cc1. The van der Waals surface area contributed by atoms with Gasteiger partial charge in [-0.1, -0.05) is 12.1 Å². The van der Waals surface area contributed by atoms with E-state index >= 15 is 0 Å². The molecular weight excluding hydrogens is 316 g/mol. The number of ether oxygens (including phenoxy) is 2. The first-order chi connectivity index (χ1) is 12.3. The van der Waals surface area contributed by atoms with Gasteiger partial charge in [-0.15, -0.1) is 0 Å². The van der Waals surface area contributed by atoms with Gasteiger partial charge < -0.3 is 9.47 Å². The summed E-state index contributed by atoms with van der Waals surface area (Å²) in [6.07, 6.45) is 6.30. The van der Waals surface area contributed by atoms with Gasteiger partial charge in [0.1, 0.15) is 18.2 Å². The molecule has 6 heteroatoms. The molecule has 0 bridgehead atoms. The minimum Gasteiger partial charge on any atom is -0.497 e. The van der Waals surface area contributed by atoms with Gasteiger partial charge in [-0.2, -0.15) is 0 Å². The van der Waals surface area contributed by atoms with Crippen molar-refractivity contribution in [3.05, 3.63) is 48.5 Å². The number of piperazine rings is 1. The van der Waals surface area contributed by atoms with Crippen LogP contribution in [0.4, 0.5) is 0 Å². The molecule has 2 aliphatic heterocycles. The number of hydrogen-bond donors (Lipinski definition) is 0. The lowest BCUT2D eigenvalue weighted by atomic mass is 10.1. The Labute approximate surface area is 148 Å². The van der Waals surface area contributed by atoms with E-state index in [1.165, 1.54) is 11.9 Å². The molecule has 25 heavy (non-hydrogen) atoms. The predicted octanol–water partition coefficient (Wildman–Crippen LogP) is 1.82. The number of benzene rings is 1. The normalized spacial score (nSPS) is 24.0. The highest BCUT2D eigenvalue weighted by atomic mass is 16.5. The smallest absolute Gasteiger partial charge is 0.156 e. The molecule has 0 aliphatic carbocycles. The molecule has 2 saturated heterocycles. The summed E-state index contributed by atoms with van der Waals surface area (Å²) in [5, 5.41) is 0. The summed E-state index contributed by atoms with van der Waals surface area (Å²) in [7, 11) is 1.70. The standard InChI is InChI=1S/C19H24N4O2/c1-24-17-4-2-15(3-5-17)11-22-6-7-23-13-18(8-16(23)12-22)25-19-9-20-14-21-10-19/h2-5,9-10,14,16,18H,6-8,11-13H2,1H3/t16-,18+/m0/s1. The van der Waals surface area contributed by atoms with Crippen molar-refractivity contribution >= 4 is 0 Å². The number of nitrogens with zero attached hydrogens (tertiary/aromatic N) is 4. The number of aromatic nitrogens is 2. The largest absolute Gasteiger partial charge is 0.497 e. The average Bonchev–Trinajstić information content (AvgIpc) is 3.04. The maximum atomic E-state index is 6.05. The van der Waals surface area contributed by atoms with Gasteiger partial charge in [0.15, 0.2) is 5.75 Å². The average molecular weight is 340 g/mol. The molecule has 1 aromatic heterocycles. The predicted molar refractivity (Wildman–Crippen MR) is 94.7 cm³/mol. The molecule has 0 unspecified atom stereocenters. The van der Waals surface area contributed by atoms with Crippen LogP contribution in [0, 0.1) is 0 Å². The second-order valence-corrected chi connectivity index (χ2v) is 6.78. The van der Waals surface area contributed by atoms with Crippen LogP contribution in [0.3, 0.4) is 0 Å². The van der Waals surface area contributed by atoms with Crippen molar-refractivity contribution in [2.45, 2.75) is 25.1 Å². The third-order valence-corrected chi connectivity index (χ3v) is 5.07. The van der Waals surface area contributed by atoms with Crippen molar-refractivity contribution in [1.29, 1.82) is 0 Å². The molecule has 3 heterocycles. The summed E-state index contributed by atoms with van der Waals surface area (Å²) >= 11 is 0. The lowest BCUT2D eigenvalue weighted by molar-refractivity contribution is 0.0978. The molecule has 132 valence electrons. The molecule has 2 fully saturated rings. The lowest BCUT2D eigenvalue weighted by Gasteiger charge is -2.37. The summed E-state index contributed by atoms with van der Waals surface area (Å²) in [6.45, 7) is 5.29. The molecule has 0 saturated carbocycles. The summed E-state index contributed by atoms with van der Waals surface area (Å²) in [4.78, 5) is 13.1. The van der Waals surface area contributed by atoms with Crippen LogP contribution in [0.2, 0.25) is 0 Å². The van der Waals surface area contributed by atoms with Crippen molar-refractivity contribution in [1.82, 2.24) is 19.8 Å². The first-order valence-electron chi connectivity index (χ1n) is 8.81. The molecule has 2 atom stereocenters. The maximum Gasteiger partial charge on any atom is 0.156 e. The fourth-order valence-corrected chi connectivity index (χ4v) is 3.82. The Morgan fingerprint density at radius 3 is 2.60 bits per heavy atom. The van der Waals surface area contributed by atoms with Gasteiger partial charge >= 0.3 is 0 Å². The van der Waals surface area contributed by atoms with E-state index in [2.05, 4.69) is 31.9 Å². The number of methoxy groups -OCH3 is 1. The number of hydrogen-bond acceptors (Lipinski definition) is 6. The third kappa shape index (κ3) is 3.91. The van der Waals surface area contributed by atoms with Crippen LogP contribution in [0.25, 0.3) is 0 Å². The minimum absolute atomic E-state index is 0.233. The Morgan fingerprint density at radius 2 is 1.84 bits per heavy atom.